The lowest BCUT2D eigenvalue weighted by Gasteiger charge is -2.05. The third kappa shape index (κ3) is 2.38. The van der Waals surface area contributed by atoms with E-state index in [1.54, 1.807) is 25.3 Å². The van der Waals surface area contributed by atoms with Crippen LogP contribution in [0.15, 0.2) is 36.7 Å². The molecule has 0 spiro atoms. The van der Waals surface area contributed by atoms with Crippen molar-refractivity contribution >= 4 is 0 Å². The summed E-state index contributed by atoms with van der Waals surface area (Å²) in [7, 11) is 0. The van der Waals surface area contributed by atoms with Crippen molar-refractivity contribution in [1.29, 1.82) is 0 Å². The van der Waals surface area contributed by atoms with Gasteiger partial charge >= 0.3 is 0 Å². The van der Waals surface area contributed by atoms with E-state index >= 15 is 0 Å². The molecule has 0 amide bonds. The Hall–Kier alpha value is -1.88. The second-order valence-electron chi connectivity index (χ2n) is 3.42. The van der Waals surface area contributed by atoms with E-state index in [0.29, 0.717) is 11.4 Å². The molecule has 1 aromatic carbocycles. The van der Waals surface area contributed by atoms with E-state index in [9.17, 15) is 4.39 Å². The normalized spacial score (nSPS) is 12.4. The van der Waals surface area contributed by atoms with E-state index in [4.69, 9.17) is 10.5 Å². The molecule has 2 rings (SSSR count). The van der Waals surface area contributed by atoms with Gasteiger partial charge in [-0.3, -0.25) is 5.73 Å². The van der Waals surface area contributed by atoms with Gasteiger partial charge in [0.15, 0.2) is 5.75 Å². The Morgan fingerprint density at radius 3 is 3.00 bits per heavy atom. The molecule has 0 radical (unpaired) electrons. The van der Waals surface area contributed by atoms with Gasteiger partial charge in [-0.2, -0.15) is 5.10 Å². The Morgan fingerprint density at radius 1 is 1.50 bits per heavy atom. The summed E-state index contributed by atoms with van der Waals surface area (Å²) < 4.78 is 19.8. The Labute approximate surface area is 92.4 Å². The summed E-state index contributed by atoms with van der Waals surface area (Å²) >= 11 is 0. The summed E-state index contributed by atoms with van der Waals surface area (Å²) in [6.45, 7) is 1.72. The predicted molar refractivity (Wildman–Crippen MR) is 57.8 cm³/mol. The predicted octanol–water partition coefficient (Wildman–Crippen LogP) is 1.69. The number of nitrogens with two attached hydrogens (primary N) is 1. The van der Waals surface area contributed by atoms with Crippen LogP contribution in [0, 0.1) is 5.82 Å². The Kier molecular flexibility index (Phi) is 2.87. The Morgan fingerprint density at radius 2 is 2.31 bits per heavy atom. The van der Waals surface area contributed by atoms with Crippen LogP contribution in [0.3, 0.4) is 0 Å². The average molecular weight is 221 g/mol. The van der Waals surface area contributed by atoms with Gasteiger partial charge in [0.1, 0.15) is 12.0 Å². The maximum absolute atomic E-state index is 13.0. The van der Waals surface area contributed by atoms with Gasteiger partial charge in [0.2, 0.25) is 0 Å². The molecule has 1 unspecified atom stereocenters. The summed E-state index contributed by atoms with van der Waals surface area (Å²) in [6.07, 6.45) is 2.79. The second kappa shape index (κ2) is 4.32. The molecule has 2 aromatic rings. The highest BCUT2D eigenvalue weighted by Gasteiger charge is 2.04. The first kappa shape index (κ1) is 10.6. The van der Waals surface area contributed by atoms with Gasteiger partial charge in [0.05, 0.1) is 18.1 Å². The van der Waals surface area contributed by atoms with Gasteiger partial charge in [-0.1, -0.05) is 6.07 Å². The molecule has 1 heterocycles. The van der Waals surface area contributed by atoms with Gasteiger partial charge in [-0.25, -0.2) is 9.07 Å². The molecule has 0 fully saturated rings. The molecule has 1 atom stereocenters. The fourth-order valence-corrected chi connectivity index (χ4v) is 1.34. The largest absolute Gasteiger partial charge is 0.473 e. The van der Waals surface area contributed by atoms with Gasteiger partial charge in [0.25, 0.3) is 0 Å². The number of aromatic nitrogens is 2. The van der Waals surface area contributed by atoms with E-state index in [-0.39, 0.29) is 5.82 Å². The van der Waals surface area contributed by atoms with Crippen molar-refractivity contribution in [1.82, 2.24) is 9.78 Å². The lowest BCUT2D eigenvalue weighted by Crippen LogP contribution is -2.22. The van der Waals surface area contributed by atoms with Crippen molar-refractivity contribution in [2.75, 3.05) is 0 Å². The molecular formula is C11H12FN3O. The fraction of sp³-hybridized carbons (Fsp3) is 0.182. The highest BCUT2D eigenvalue weighted by molar-refractivity contribution is 5.32. The topological polar surface area (TPSA) is 53.1 Å². The van der Waals surface area contributed by atoms with Crippen LogP contribution in [0.4, 0.5) is 4.39 Å². The lowest BCUT2D eigenvalue weighted by molar-refractivity contribution is 0.230. The third-order valence-electron chi connectivity index (χ3n) is 1.95. The molecule has 1 aromatic heterocycles. The fourth-order valence-electron chi connectivity index (χ4n) is 1.34. The zero-order valence-electron chi connectivity index (χ0n) is 8.80. The number of ether oxygens (including phenoxy) is 1. The maximum Gasteiger partial charge on any atom is 0.160 e. The highest BCUT2D eigenvalue weighted by atomic mass is 19.1. The minimum atomic E-state index is -0.398. The summed E-state index contributed by atoms with van der Waals surface area (Å²) in [6, 6.07) is 6.15. The molecule has 4 nitrogen and oxygen atoms in total. The van der Waals surface area contributed by atoms with Gasteiger partial charge in [-0.15, -0.1) is 0 Å². The standard InChI is InChI=1S/C11H12FN3O/c1-8(13)16-11-6-14-15(7-11)10-4-2-3-9(12)5-10/h2-8H,13H2,1H3. The minimum Gasteiger partial charge on any atom is -0.473 e. The van der Waals surface area contributed by atoms with Crippen LogP contribution in [0.1, 0.15) is 6.92 Å². The minimum absolute atomic E-state index is 0.303. The molecule has 84 valence electrons. The molecule has 2 N–H and O–H groups in total. The van der Waals surface area contributed by atoms with Gasteiger partial charge in [-0.05, 0) is 25.1 Å². The van der Waals surface area contributed by atoms with E-state index in [1.165, 1.54) is 23.0 Å². The zero-order valence-corrected chi connectivity index (χ0v) is 8.80. The van der Waals surface area contributed by atoms with Crippen molar-refractivity contribution in [3.8, 4) is 11.4 Å². The number of rotatable bonds is 3. The quantitative estimate of drug-likeness (QED) is 0.802. The number of hydrogen-bond acceptors (Lipinski definition) is 3. The number of benzene rings is 1. The highest BCUT2D eigenvalue weighted by Crippen LogP contribution is 2.14. The molecule has 0 aliphatic heterocycles. The summed E-state index contributed by atoms with van der Waals surface area (Å²) in [4.78, 5) is 0. The average Bonchev–Trinajstić information content (AvgIpc) is 2.65. The smallest absolute Gasteiger partial charge is 0.160 e. The summed E-state index contributed by atoms with van der Waals surface area (Å²) in [5.41, 5.74) is 6.12. The van der Waals surface area contributed by atoms with Gasteiger partial charge < -0.3 is 4.74 Å². The lowest BCUT2D eigenvalue weighted by atomic mass is 10.3. The molecule has 5 heteroatoms. The number of nitrogens with zero attached hydrogens (tertiary/aromatic N) is 2. The Balaban J connectivity index is 2.24. The van der Waals surface area contributed by atoms with E-state index in [0.717, 1.165) is 0 Å². The monoisotopic (exact) mass is 221 g/mol. The molecule has 0 aliphatic carbocycles. The van der Waals surface area contributed by atoms with Crippen LogP contribution >= 0.6 is 0 Å². The van der Waals surface area contributed by atoms with E-state index in [1.807, 2.05) is 0 Å². The molecule has 0 aliphatic rings. The van der Waals surface area contributed by atoms with Crippen molar-refractivity contribution in [3.05, 3.63) is 42.5 Å². The Bertz CT molecular complexity index is 482. The second-order valence-corrected chi connectivity index (χ2v) is 3.42. The molecular weight excluding hydrogens is 209 g/mol. The first-order valence-corrected chi connectivity index (χ1v) is 4.88. The molecule has 0 saturated carbocycles. The number of halogens is 1. The van der Waals surface area contributed by atoms with Crippen molar-refractivity contribution < 1.29 is 9.13 Å². The molecule has 0 bridgehead atoms. The van der Waals surface area contributed by atoms with Crippen LogP contribution in [0.25, 0.3) is 5.69 Å². The van der Waals surface area contributed by atoms with E-state index in [2.05, 4.69) is 5.10 Å². The molecule has 0 saturated heterocycles. The van der Waals surface area contributed by atoms with Crippen molar-refractivity contribution in [2.45, 2.75) is 13.2 Å². The van der Waals surface area contributed by atoms with Crippen LogP contribution in [-0.4, -0.2) is 16.0 Å². The number of hydrogen-bond donors (Lipinski definition) is 1. The van der Waals surface area contributed by atoms with E-state index < -0.39 is 6.23 Å². The summed E-state index contributed by atoms with van der Waals surface area (Å²) in [5.74, 6) is 0.252. The third-order valence-corrected chi connectivity index (χ3v) is 1.95. The van der Waals surface area contributed by atoms with Crippen molar-refractivity contribution in [2.24, 2.45) is 5.73 Å². The van der Waals surface area contributed by atoms with Crippen molar-refractivity contribution in [3.63, 3.8) is 0 Å². The molecule has 16 heavy (non-hydrogen) atoms. The van der Waals surface area contributed by atoms with Crippen LogP contribution in [0.2, 0.25) is 0 Å². The van der Waals surface area contributed by atoms with Gasteiger partial charge in [0, 0.05) is 0 Å². The SMILES string of the molecule is CC(N)Oc1cnn(-c2cccc(F)c2)c1. The van der Waals surface area contributed by atoms with Crippen LogP contribution < -0.4 is 10.5 Å². The van der Waals surface area contributed by atoms with Crippen LogP contribution in [-0.2, 0) is 0 Å². The first-order valence-electron chi connectivity index (χ1n) is 4.88. The maximum atomic E-state index is 13.0. The first-order chi connectivity index (χ1) is 7.65. The van der Waals surface area contributed by atoms with Crippen LogP contribution in [0.5, 0.6) is 5.75 Å². The summed E-state index contributed by atoms with van der Waals surface area (Å²) in [5, 5.41) is 4.05. The zero-order chi connectivity index (χ0) is 11.5.